The molecule has 0 atom stereocenters. The molecule has 0 unspecified atom stereocenters. The first-order valence-electron chi connectivity index (χ1n) is 5.82. The van der Waals surface area contributed by atoms with E-state index in [2.05, 4.69) is 9.97 Å². The van der Waals surface area contributed by atoms with Gasteiger partial charge in [-0.1, -0.05) is 0 Å². The fraction of sp³-hybridized carbons (Fsp3) is 0.500. The molecule has 20 heavy (non-hydrogen) atoms. The predicted molar refractivity (Wildman–Crippen MR) is 69.8 cm³/mol. The topological polar surface area (TPSA) is 102 Å². The Labute approximate surface area is 116 Å². The van der Waals surface area contributed by atoms with Crippen molar-refractivity contribution in [2.75, 3.05) is 18.6 Å². The van der Waals surface area contributed by atoms with Crippen LogP contribution in [0.4, 0.5) is 10.7 Å². The monoisotopic (exact) mass is 283 g/mol. The largest absolute Gasteiger partial charge is 0.481 e. The van der Waals surface area contributed by atoms with Gasteiger partial charge in [-0.25, -0.2) is 14.7 Å². The second-order valence-corrected chi connectivity index (χ2v) is 4.86. The van der Waals surface area contributed by atoms with Crippen LogP contribution in [0.3, 0.4) is 0 Å². The van der Waals surface area contributed by atoms with E-state index in [1.807, 2.05) is 0 Å². The first-order valence-corrected chi connectivity index (χ1v) is 5.82. The molecule has 1 rings (SSSR count). The average molecular weight is 283 g/mol. The van der Waals surface area contributed by atoms with Crippen molar-refractivity contribution in [1.82, 2.24) is 9.97 Å². The lowest BCUT2D eigenvalue weighted by molar-refractivity contribution is -0.135. The van der Waals surface area contributed by atoms with E-state index in [1.165, 1.54) is 19.4 Å². The molecule has 0 spiro atoms. The molecule has 0 fully saturated rings. The fourth-order valence-electron chi connectivity index (χ4n) is 1.25. The number of anilines is 1. The normalized spacial score (nSPS) is 10.8. The highest BCUT2D eigenvalue weighted by molar-refractivity contribution is 5.91. The molecule has 0 radical (unpaired) electrons. The third kappa shape index (κ3) is 4.71. The quantitative estimate of drug-likeness (QED) is 0.888. The van der Waals surface area contributed by atoms with Crippen molar-refractivity contribution in [2.45, 2.75) is 26.4 Å². The van der Waals surface area contributed by atoms with Crippen LogP contribution in [0, 0.1) is 0 Å². The van der Waals surface area contributed by atoms with Crippen LogP contribution in [-0.4, -0.2) is 46.4 Å². The number of nitrogens with zero attached hydrogens (tertiary/aromatic N) is 3. The number of rotatable bonds is 4. The lowest BCUT2D eigenvalue weighted by atomic mass is 10.2. The van der Waals surface area contributed by atoms with Crippen molar-refractivity contribution in [3.05, 3.63) is 12.3 Å². The molecular weight excluding hydrogens is 266 g/mol. The van der Waals surface area contributed by atoms with Gasteiger partial charge in [-0.3, -0.25) is 4.79 Å². The van der Waals surface area contributed by atoms with E-state index >= 15 is 0 Å². The van der Waals surface area contributed by atoms with Crippen LogP contribution in [-0.2, 0) is 9.53 Å². The Morgan fingerprint density at radius 2 is 2.05 bits per heavy atom. The maximum absolute atomic E-state index is 12.0. The van der Waals surface area contributed by atoms with Crippen LogP contribution in [0.25, 0.3) is 0 Å². The molecule has 0 aliphatic heterocycles. The molecule has 0 aliphatic carbocycles. The molecule has 8 nitrogen and oxygen atoms in total. The average Bonchev–Trinajstić information content (AvgIpc) is 2.33. The van der Waals surface area contributed by atoms with Crippen molar-refractivity contribution in [2.24, 2.45) is 0 Å². The summed E-state index contributed by atoms with van der Waals surface area (Å²) in [7, 11) is 1.40. The highest BCUT2D eigenvalue weighted by Gasteiger charge is 2.27. The number of carboxylic acid groups (broad SMARTS) is 1. The number of aromatic nitrogens is 2. The standard InChI is InChI=1S/C12H17N3O5/c1-12(2,3)20-11(18)15(7-9(16)17)10-13-6-5-8(14-10)19-4/h5-6H,7H2,1-4H3,(H,16,17). The summed E-state index contributed by atoms with van der Waals surface area (Å²) in [6, 6.07) is 1.48. The Kier molecular flexibility index (Phi) is 4.84. The van der Waals surface area contributed by atoms with Crippen molar-refractivity contribution in [3.8, 4) is 5.88 Å². The van der Waals surface area contributed by atoms with E-state index in [4.69, 9.17) is 14.6 Å². The summed E-state index contributed by atoms with van der Waals surface area (Å²) in [4.78, 5) is 31.5. The third-order valence-electron chi connectivity index (χ3n) is 1.98. The van der Waals surface area contributed by atoms with Gasteiger partial charge in [0, 0.05) is 12.3 Å². The highest BCUT2D eigenvalue weighted by Crippen LogP contribution is 2.16. The molecule has 1 aromatic rings. The molecule has 8 heteroatoms. The van der Waals surface area contributed by atoms with Gasteiger partial charge in [0.25, 0.3) is 0 Å². The number of carbonyl (C=O) groups excluding carboxylic acids is 1. The Morgan fingerprint density at radius 3 is 2.55 bits per heavy atom. The summed E-state index contributed by atoms with van der Waals surface area (Å²) < 4.78 is 10.0. The molecule has 1 heterocycles. The first kappa shape index (κ1) is 15.7. The lowest BCUT2D eigenvalue weighted by Gasteiger charge is -2.25. The van der Waals surface area contributed by atoms with Gasteiger partial charge in [0.15, 0.2) is 0 Å². The summed E-state index contributed by atoms with van der Waals surface area (Å²) in [5, 5.41) is 8.88. The number of carbonyl (C=O) groups is 2. The SMILES string of the molecule is COc1ccnc(N(CC(=O)O)C(=O)OC(C)(C)C)n1. The summed E-state index contributed by atoms with van der Waals surface area (Å²) in [6.45, 7) is 4.42. The Hall–Kier alpha value is -2.38. The smallest absolute Gasteiger partial charge is 0.417 e. The van der Waals surface area contributed by atoms with Gasteiger partial charge in [-0.05, 0) is 20.8 Å². The minimum atomic E-state index is -1.21. The second kappa shape index (κ2) is 6.18. The molecule has 0 bridgehead atoms. The molecule has 1 aromatic heterocycles. The van der Waals surface area contributed by atoms with Gasteiger partial charge in [-0.15, -0.1) is 0 Å². The number of amides is 1. The molecule has 0 aromatic carbocycles. The Morgan fingerprint density at radius 1 is 1.40 bits per heavy atom. The molecule has 1 amide bonds. The van der Waals surface area contributed by atoms with Crippen LogP contribution in [0.15, 0.2) is 12.3 Å². The molecule has 0 saturated carbocycles. The summed E-state index contributed by atoms with van der Waals surface area (Å²) >= 11 is 0. The van der Waals surface area contributed by atoms with E-state index < -0.39 is 24.2 Å². The summed E-state index contributed by atoms with van der Waals surface area (Å²) in [5.41, 5.74) is -0.757. The number of carboxylic acids is 1. The maximum atomic E-state index is 12.0. The number of hydrogen-bond donors (Lipinski definition) is 1. The zero-order chi connectivity index (χ0) is 15.3. The molecule has 0 aliphatic rings. The third-order valence-corrected chi connectivity index (χ3v) is 1.98. The molecule has 0 saturated heterocycles. The van der Waals surface area contributed by atoms with E-state index in [1.54, 1.807) is 20.8 Å². The predicted octanol–water partition coefficient (Wildman–Crippen LogP) is 1.31. The van der Waals surface area contributed by atoms with Crippen molar-refractivity contribution in [3.63, 3.8) is 0 Å². The Bertz CT molecular complexity index is 498. The van der Waals surface area contributed by atoms with Gasteiger partial charge in [-0.2, -0.15) is 4.98 Å². The highest BCUT2D eigenvalue weighted by atomic mass is 16.6. The van der Waals surface area contributed by atoms with E-state index in [-0.39, 0.29) is 11.8 Å². The van der Waals surface area contributed by atoms with Crippen molar-refractivity contribution < 1.29 is 24.2 Å². The number of hydrogen-bond acceptors (Lipinski definition) is 6. The molecular formula is C12H17N3O5. The van der Waals surface area contributed by atoms with Crippen LogP contribution >= 0.6 is 0 Å². The zero-order valence-electron chi connectivity index (χ0n) is 11.8. The van der Waals surface area contributed by atoms with Gasteiger partial charge < -0.3 is 14.6 Å². The van der Waals surface area contributed by atoms with Crippen LogP contribution in [0.5, 0.6) is 5.88 Å². The molecule has 110 valence electrons. The van der Waals surface area contributed by atoms with Gasteiger partial charge >= 0.3 is 12.1 Å². The van der Waals surface area contributed by atoms with Crippen molar-refractivity contribution >= 4 is 18.0 Å². The second-order valence-electron chi connectivity index (χ2n) is 4.86. The number of methoxy groups -OCH3 is 1. The Balaban J connectivity index is 3.04. The minimum absolute atomic E-state index is 0.0963. The summed E-state index contributed by atoms with van der Waals surface area (Å²) in [5.74, 6) is -1.09. The summed E-state index contributed by atoms with van der Waals surface area (Å²) in [6.07, 6.45) is 0.522. The van der Waals surface area contributed by atoms with Gasteiger partial charge in [0.1, 0.15) is 12.1 Å². The van der Waals surface area contributed by atoms with Crippen LogP contribution in [0.1, 0.15) is 20.8 Å². The fourth-order valence-corrected chi connectivity index (χ4v) is 1.25. The molecule has 1 N–H and O–H groups in total. The van der Waals surface area contributed by atoms with Gasteiger partial charge in [0.05, 0.1) is 7.11 Å². The van der Waals surface area contributed by atoms with Crippen LogP contribution in [0.2, 0.25) is 0 Å². The van der Waals surface area contributed by atoms with E-state index in [0.29, 0.717) is 0 Å². The van der Waals surface area contributed by atoms with Crippen molar-refractivity contribution in [1.29, 1.82) is 0 Å². The number of aliphatic carboxylic acids is 1. The minimum Gasteiger partial charge on any atom is -0.481 e. The lowest BCUT2D eigenvalue weighted by Crippen LogP contribution is -2.40. The first-order chi connectivity index (χ1) is 9.23. The number of ether oxygens (including phenoxy) is 2. The van der Waals surface area contributed by atoms with Crippen LogP contribution < -0.4 is 9.64 Å². The zero-order valence-corrected chi connectivity index (χ0v) is 11.8. The van der Waals surface area contributed by atoms with E-state index in [0.717, 1.165) is 4.90 Å². The maximum Gasteiger partial charge on any atom is 0.417 e. The van der Waals surface area contributed by atoms with Gasteiger partial charge in [0.2, 0.25) is 11.8 Å². The van der Waals surface area contributed by atoms with E-state index in [9.17, 15) is 9.59 Å².